The molecule has 0 atom stereocenters. The summed E-state index contributed by atoms with van der Waals surface area (Å²) in [5.74, 6) is -0.979. The van der Waals surface area contributed by atoms with Gasteiger partial charge in [-0.15, -0.1) is 0 Å². The van der Waals surface area contributed by atoms with Gasteiger partial charge in [0.2, 0.25) is 5.91 Å². The van der Waals surface area contributed by atoms with Crippen LogP contribution < -0.4 is 10.6 Å². The number of anilines is 2. The number of hydrogen-bond donors (Lipinski definition) is 2. The second-order valence-corrected chi connectivity index (χ2v) is 4.19. The zero-order valence-electron chi connectivity index (χ0n) is 10.9. The summed E-state index contributed by atoms with van der Waals surface area (Å²) in [6.07, 6.45) is 0. The average molecular weight is 289 g/mol. The molecule has 0 saturated carbocycles. The SMILES string of the molecule is O=C(CNc1cccc([N+](=O)[O-])c1)Nc1ccccc1F. The number of nitro groups is 1. The Morgan fingerprint density at radius 2 is 1.95 bits per heavy atom. The molecule has 7 heteroatoms. The van der Waals surface area contributed by atoms with Crippen molar-refractivity contribution in [2.75, 3.05) is 17.2 Å². The monoisotopic (exact) mass is 289 g/mol. The van der Waals surface area contributed by atoms with Gasteiger partial charge in [0.15, 0.2) is 0 Å². The molecule has 0 aliphatic carbocycles. The Morgan fingerprint density at radius 1 is 1.19 bits per heavy atom. The van der Waals surface area contributed by atoms with Crippen molar-refractivity contribution in [3.05, 3.63) is 64.5 Å². The highest BCUT2D eigenvalue weighted by Gasteiger charge is 2.08. The fraction of sp³-hybridized carbons (Fsp3) is 0.0714. The van der Waals surface area contributed by atoms with E-state index in [4.69, 9.17) is 0 Å². The molecule has 6 nitrogen and oxygen atoms in total. The molecular weight excluding hydrogens is 277 g/mol. The lowest BCUT2D eigenvalue weighted by Crippen LogP contribution is -2.22. The minimum absolute atomic E-state index is 0.0745. The maximum atomic E-state index is 13.3. The molecule has 2 aromatic rings. The summed E-state index contributed by atoms with van der Waals surface area (Å²) in [4.78, 5) is 21.8. The van der Waals surface area contributed by atoms with Crippen molar-refractivity contribution in [1.29, 1.82) is 0 Å². The molecule has 0 unspecified atom stereocenters. The molecule has 0 heterocycles. The highest BCUT2D eigenvalue weighted by atomic mass is 19.1. The number of carbonyl (C=O) groups excluding carboxylic acids is 1. The first-order valence-corrected chi connectivity index (χ1v) is 6.09. The van der Waals surface area contributed by atoms with Gasteiger partial charge in [-0.25, -0.2) is 4.39 Å². The zero-order valence-corrected chi connectivity index (χ0v) is 10.9. The van der Waals surface area contributed by atoms with Gasteiger partial charge in [0, 0.05) is 17.8 Å². The smallest absolute Gasteiger partial charge is 0.271 e. The van der Waals surface area contributed by atoms with E-state index in [1.165, 1.54) is 36.4 Å². The Bertz CT molecular complexity index is 676. The summed E-state index contributed by atoms with van der Waals surface area (Å²) in [6, 6.07) is 11.6. The lowest BCUT2D eigenvalue weighted by Gasteiger charge is -2.08. The van der Waals surface area contributed by atoms with E-state index in [-0.39, 0.29) is 17.9 Å². The van der Waals surface area contributed by atoms with Crippen molar-refractivity contribution in [3.8, 4) is 0 Å². The zero-order chi connectivity index (χ0) is 15.2. The number of non-ortho nitro benzene ring substituents is 1. The topological polar surface area (TPSA) is 84.3 Å². The number of amides is 1. The number of hydrogen-bond acceptors (Lipinski definition) is 4. The number of nitrogens with one attached hydrogen (secondary N) is 2. The molecule has 0 radical (unpaired) electrons. The molecule has 2 rings (SSSR count). The summed E-state index contributed by atoms with van der Waals surface area (Å²) in [5.41, 5.74) is 0.450. The van der Waals surface area contributed by atoms with E-state index in [0.717, 1.165) is 0 Å². The average Bonchev–Trinajstić information content (AvgIpc) is 2.48. The third-order valence-corrected chi connectivity index (χ3v) is 2.66. The van der Waals surface area contributed by atoms with Crippen LogP contribution in [0.25, 0.3) is 0 Å². The number of halogens is 1. The van der Waals surface area contributed by atoms with Gasteiger partial charge in [-0.3, -0.25) is 14.9 Å². The predicted octanol–water partition coefficient (Wildman–Crippen LogP) is 2.78. The summed E-state index contributed by atoms with van der Waals surface area (Å²) in [5, 5.41) is 15.8. The lowest BCUT2D eigenvalue weighted by atomic mass is 10.3. The van der Waals surface area contributed by atoms with Gasteiger partial charge in [-0.05, 0) is 18.2 Å². The van der Waals surface area contributed by atoms with Crippen molar-refractivity contribution in [2.24, 2.45) is 0 Å². The van der Waals surface area contributed by atoms with Crippen molar-refractivity contribution in [2.45, 2.75) is 0 Å². The van der Waals surface area contributed by atoms with Crippen LogP contribution in [0.2, 0.25) is 0 Å². The fourth-order valence-corrected chi connectivity index (χ4v) is 1.67. The lowest BCUT2D eigenvalue weighted by molar-refractivity contribution is -0.384. The van der Waals surface area contributed by atoms with Crippen LogP contribution in [0.1, 0.15) is 0 Å². The maximum Gasteiger partial charge on any atom is 0.271 e. The fourth-order valence-electron chi connectivity index (χ4n) is 1.67. The molecule has 0 bridgehead atoms. The first-order chi connectivity index (χ1) is 10.1. The number of rotatable bonds is 5. The van der Waals surface area contributed by atoms with Crippen LogP contribution in [0, 0.1) is 15.9 Å². The highest BCUT2D eigenvalue weighted by molar-refractivity contribution is 5.93. The van der Waals surface area contributed by atoms with Gasteiger partial charge in [-0.1, -0.05) is 18.2 Å². The predicted molar refractivity (Wildman–Crippen MR) is 76.6 cm³/mol. The standard InChI is InChI=1S/C14H12FN3O3/c15-12-6-1-2-7-13(12)17-14(19)9-16-10-4-3-5-11(8-10)18(20)21/h1-8,16H,9H2,(H,17,19). The molecule has 108 valence electrons. The molecule has 2 aromatic carbocycles. The third kappa shape index (κ3) is 4.00. The van der Waals surface area contributed by atoms with Gasteiger partial charge in [-0.2, -0.15) is 0 Å². The molecule has 0 spiro atoms. The van der Waals surface area contributed by atoms with Crippen molar-refractivity contribution in [3.63, 3.8) is 0 Å². The van der Waals surface area contributed by atoms with Crippen molar-refractivity contribution >= 4 is 23.0 Å². The molecule has 0 saturated heterocycles. The Hall–Kier alpha value is -2.96. The molecule has 0 aliphatic rings. The van der Waals surface area contributed by atoms with Crippen LogP contribution in [-0.4, -0.2) is 17.4 Å². The largest absolute Gasteiger partial charge is 0.376 e. The van der Waals surface area contributed by atoms with Crippen LogP contribution in [0.3, 0.4) is 0 Å². The molecule has 0 aliphatic heterocycles. The van der Waals surface area contributed by atoms with Gasteiger partial charge in [0.05, 0.1) is 17.2 Å². The third-order valence-electron chi connectivity index (χ3n) is 2.66. The minimum atomic E-state index is -0.527. The van der Waals surface area contributed by atoms with E-state index >= 15 is 0 Å². The van der Waals surface area contributed by atoms with Crippen LogP contribution >= 0.6 is 0 Å². The van der Waals surface area contributed by atoms with E-state index < -0.39 is 16.6 Å². The van der Waals surface area contributed by atoms with Gasteiger partial charge < -0.3 is 10.6 Å². The van der Waals surface area contributed by atoms with Crippen molar-refractivity contribution in [1.82, 2.24) is 0 Å². The van der Waals surface area contributed by atoms with Crippen LogP contribution in [0.5, 0.6) is 0 Å². The number of benzene rings is 2. The van der Waals surface area contributed by atoms with E-state index in [0.29, 0.717) is 5.69 Å². The molecule has 1 amide bonds. The summed E-state index contributed by atoms with van der Waals surface area (Å²) >= 11 is 0. The summed E-state index contributed by atoms with van der Waals surface area (Å²) in [6.45, 7) is -0.129. The Balaban J connectivity index is 1.94. The second kappa shape index (κ2) is 6.47. The quantitative estimate of drug-likeness (QED) is 0.654. The van der Waals surface area contributed by atoms with Gasteiger partial charge in [0.25, 0.3) is 5.69 Å². The number of nitro benzene ring substituents is 1. The number of carbonyl (C=O) groups is 1. The van der Waals surface area contributed by atoms with Crippen LogP contribution in [0.15, 0.2) is 48.5 Å². The van der Waals surface area contributed by atoms with Gasteiger partial charge in [0.1, 0.15) is 5.82 Å². The molecule has 21 heavy (non-hydrogen) atoms. The maximum absolute atomic E-state index is 13.3. The Kier molecular flexibility index (Phi) is 4.45. The van der Waals surface area contributed by atoms with E-state index in [1.54, 1.807) is 12.1 Å². The van der Waals surface area contributed by atoms with Crippen molar-refractivity contribution < 1.29 is 14.1 Å². The number of nitrogens with zero attached hydrogens (tertiary/aromatic N) is 1. The molecule has 2 N–H and O–H groups in total. The van der Waals surface area contributed by atoms with Crippen LogP contribution in [0.4, 0.5) is 21.5 Å². The Labute approximate surface area is 119 Å². The van der Waals surface area contributed by atoms with E-state index in [9.17, 15) is 19.3 Å². The molecule has 0 aromatic heterocycles. The van der Waals surface area contributed by atoms with Gasteiger partial charge >= 0.3 is 0 Å². The Morgan fingerprint density at radius 3 is 2.67 bits per heavy atom. The first kappa shape index (κ1) is 14.4. The summed E-state index contributed by atoms with van der Waals surface area (Å²) in [7, 11) is 0. The second-order valence-electron chi connectivity index (χ2n) is 4.19. The van der Waals surface area contributed by atoms with E-state index in [1.807, 2.05) is 0 Å². The van der Waals surface area contributed by atoms with E-state index in [2.05, 4.69) is 10.6 Å². The molecular formula is C14H12FN3O3. The normalized spacial score (nSPS) is 9.95. The highest BCUT2D eigenvalue weighted by Crippen LogP contribution is 2.17. The number of para-hydroxylation sites is 1. The molecule has 0 fully saturated rings. The minimum Gasteiger partial charge on any atom is -0.376 e. The first-order valence-electron chi connectivity index (χ1n) is 6.09. The summed E-state index contributed by atoms with van der Waals surface area (Å²) < 4.78 is 13.3. The van der Waals surface area contributed by atoms with Crippen LogP contribution in [-0.2, 0) is 4.79 Å².